The predicted molar refractivity (Wildman–Crippen MR) is 71.8 cm³/mol. The second-order valence-corrected chi connectivity index (χ2v) is 6.89. The molecule has 104 valence electrons. The van der Waals surface area contributed by atoms with Gasteiger partial charge in [0, 0.05) is 31.0 Å². The van der Waals surface area contributed by atoms with E-state index >= 15 is 0 Å². The SMILES string of the molecule is CCC(C)n1ccc(CC(CS(C)(=O)=O)NN)n1. The molecule has 0 saturated heterocycles. The van der Waals surface area contributed by atoms with Crippen LogP contribution in [0.15, 0.2) is 12.3 Å². The fourth-order valence-corrected chi connectivity index (χ4v) is 2.65. The Morgan fingerprint density at radius 1 is 1.56 bits per heavy atom. The molecule has 2 unspecified atom stereocenters. The number of hydrogen-bond donors (Lipinski definition) is 2. The van der Waals surface area contributed by atoms with Gasteiger partial charge in [-0.3, -0.25) is 16.0 Å². The monoisotopic (exact) mass is 274 g/mol. The average Bonchev–Trinajstić information content (AvgIpc) is 2.73. The van der Waals surface area contributed by atoms with Crippen LogP contribution in [0, 0.1) is 0 Å². The molecule has 18 heavy (non-hydrogen) atoms. The number of sulfone groups is 1. The molecule has 0 aromatic carbocycles. The zero-order valence-corrected chi connectivity index (χ0v) is 11.9. The number of aromatic nitrogens is 2. The van der Waals surface area contributed by atoms with Gasteiger partial charge in [0.2, 0.25) is 0 Å². The molecule has 0 amide bonds. The Labute approximate surface area is 108 Å². The fraction of sp³-hybridized carbons (Fsp3) is 0.727. The van der Waals surface area contributed by atoms with Crippen molar-refractivity contribution in [1.82, 2.24) is 15.2 Å². The summed E-state index contributed by atoms with van der Waals surface area (Å²) >= 11 is 0. The smallest absolute Gasteiger partial charge is 0.149 e. The molecule has 1 aromatic rings. The molecule has 1 rings (SSSR count). The third-order valence-electron chi connectivity index (χ3n) is 2.90. The topological polar surface area (TPSA) is 90.0 Å². The van der Waals surface area contributed by atoms with Gasteiger partial charge in [0.1, 0.15) is 9.84 Å². The van der Waals surface area contributed by atoms with E-state index in [1.807, 2.05) is 16.9 Å². The van der Waals surface area contributed by atoms with Crippen molar-refractivity contribution < 1.29 is 8.42 Å². The highest BCUT2D eigenvalue weighted by Gasteiger charge is 2.16. The minimum Gasteiger partial charge on any atom is -0.271 e. The quantitative estimate of drug-likeness (QED) is 0.550. The van der Waals surface area contributed by atoms with Crippen LogP contribution in [0.5, 0.6) is 0 Å². The highest BCUT2D eigenvalue weighted by molar-refractivity contribution is 7.90. The normalized spacial score (nSPS) is 15.6. The average molecular weight is 274 g/mol. The van der Waals surface area contributed by atoms with Gasteiger partial charge in [-0.15, -0.1) is 0 Å². The lowest BCUT2D eigenvalue weighted by atomic mass is 10.2. The third-order valence-corrected chi connectivity index (χ3v) is 3.91. The van der Waals surface area contributed by atoms with Crippen molar-refractivity contribution in [1.29, 1.82) is 0 Å². The lowest BCUT2D eigenvalue weighted by Gasteiger charge is -2.13. The van der Waals surface area contributed by atoms with Crippen molar-refractivity contribution in [2.24, 2.45) is 5.84 Å². The molecule has 0 aliphatic carbocycles. The summed E-state index contributed by atoms with van der Waals surface area (Å²) < 4.78 is 24.4. The number of nitrogens with two attached hydrogens (primary N) is 1. The Balaban J connectivity index is 2.68. The Kier molecular flexibility index (Phi) is 5.30. The largest absolute Gasteiger partial charge is 0.271 e. The molecule has 3 N–H and O–H groups in total. The van der Waals surface area contributed by atoms with Crippen molar-refractivity contribution in [3.05, 3.63) is 18.0 Å². The third kappa shape index (κ3) is 4.75. The second-order valence-electron chi connectivity index (χ2n) is 4.70. The van der Waals surface area contributed by atoms with E-state index < -0.39 is 9.84 Å². The van der Waals surface area contributed by atoms with Gasteiger partial charge in [0.05, 0.1) is 11.4 Å². The van der Waals surface area contributed by atoms with Crippen LogP contribution >= 0.6 is 0 Å². The Hall–Kier alpha value is -0.920. The summed E-state index contributed by atoms with van der Waals surface area (Å²) in [5.74, 6) is 5.39. The molecule has 0 radical (unpaired) electrons. The first-order valence-electron chi connectivity index (χ1n) is 6.03. The second kappa shape index (κ2) is 6.31. The van der Waals surface area contributed by atoms with Crippen LogP contribution in [-0.2, 0) is 16.3 Å². The van der Waals surface area contributed by atoms with Crippen LogP contribution < -0.4 is 11.3 Å². The first-order chi connectivity index (χ1) is 8.35. The number of hydrogen-bond acceptors (Lipinski definition) is 5. The van der Waals surface area contributed by atoms with E-state index in [0.29, 0.717) is 12.5 Å². The Morgan fingerprint density at radius 2 is 2.22 bits per heavy atom. The molecule has 6 nitrogen and oxygen atoms in total. The van der Waals surface area contributed by atoms with Crippen LogP contribution in [0.4, 0.5) is 0 Å². The maximum Gasteiger partial charge on any atom is 0.149 e. The molecule has 0 saturated carbocycles. The minimum atomic E-state index is -3.05. The molecule has 1 heterocycles. The number of nitrogens with zero attached hydrogens (tertiary/aromatic N) is 2. The summed E-state index contributed by atoms with van der Waals surface area (Å²) in [5.41, 5.74) is 3.38. The zero-order chi connectivity index (χ0) is 13.8. The van der Waals surface area contributed by atoms with E-state index in [4.69, 9.17) is 5.84 Å². The van der Waals surface area contributed by atoms with Gasteiger partial charge in [0.15, 0.2) is 0 Å². The molecule has 0 fully saturated rings. The van der Waals surface area contributed by atoms with Crippen molar-refractivity contribution >= 4 is 9.84 Å². The standard InChI is InChI=1S/C11H22N4O2S/c1-4-9(2)15-6-5-10(14-15)7-11(13-12)8-18(3,16)17/h5-6,9,11,13H,4,7-8,12H2,1-3H3. The van der Waals surface area contributed by atoms with Crippen molar-refractivity contribution in [3.8, 4) is 0 Å². The van der Waals surface area contributed by atoms with Gasteiger partial charge in [-0.25, -0.2) is 8.42 Å². The van der Waals surface area contributed by atoms with E-state index in [1.54, 1.807) is 0 Å². The molecule has 2 atom stereocenters. The predicted octanol–water partition coefficient (Wildman–Crippen LogP) is 0.273. The van der Waals surface area contributed by atoms with Crippen LogP contribution in [0.25, 0.3) is 0 Å². The summed E-state index contributed by atoms with van der Waals surface area (Å²) in [6, 6.07) is 1.94. The highest BCUT2D eigenvalue weighted by atomic mass is 32.2. The summed E-state index contributed by atoms with van der Waals surface area (Å²) in [5, 5.41) is 4.43. The molecule has 0 spiro atoms. The molecule has 0 aliphatic heterocycles. The summed E-state index contributed by atoms with van der Waals surface area (Å²) in [6.07, 6.45) is 4.63. The minimum absolute atomic E-state index is 0.0136. The molecular weight excluding hydrogens is 252 g/mol. The molecule has 7 heteroatoms. The van der Waals surface area contributed by atoms with E-state index in [2.05, 4.69) is 24.4 Å². The lowest BCUT2D eigenvalue weighted by molar-refractivity contribution is 0.468. The zero-order valence-electron chi connectivity index (χ0n) is 11.1. The fourth-order valence-electron chi connectivity index (χ4n) is 1.70. The Morgan fingerprint density at radius 3 is 2.72 bits per heavy atom. The van der Waals surface area contributed by atoms with Crippen LogP contribution in [0.2, 0.25) is 0 Å². The first kappa shape index (κ1) is 15.1. The van der Waals surface area contributed by atoms with E-state index in [9.17, 15) is 8.42 Å². The van der Waals surface area contributed by atoms with Gasteiger partial charge in [-0.1, -0.05) is 6.92 Å². The van der Waals surface area contributed by atoms with Crippen LogP contribution in [-0.4, -0.2) is 36.2 Å². The van der Waals surface area contributed by atoms with E-state index in [-0.39, 0.29) is 11.8 Å². The summed E-state index contributed by atoms with van der Waals surface area (Å²) in [7, 11) is -3.05. The van der Waals surface area contributed by atoms with Crippen LogP contribution in [0.3, 0.4) is 0 Å². The van der Waals surface area contributed by atoms with Gasteiger partial charge in [-0.05, 0) is 19.4 Å². The lowest BCUT2D eigenvalue weighted by Crippen LogP contribution is -2.41. The van der Waals surface area contributed by atoms with Gasteiger partial charge in [-0.2, -0.15) is 5.10 Å². The van der Waals surface area contributed by atoms with Gasteiger partial charge >= 0.3 is 0 Å². The summed E-state index contributed by atoms with van der Waals surface area (Å²) in [6.45, 7) is 4.19. The maximum absolute atomic E-state index is 11.2. The number of nitrogens with one attached hydrogen (secondary N) is 1. The van der Waals surface area contributed by atoms with Crippen molar-refractivity contribution in [2.75, 3.05) is 12.0 Å². The van der Waals surface area contributed by atoms with Crippen molar-refractivity contribution in [2.45, 2.75) is 38.8 Å². The van der Waals surface area contributed by atoms with Gasteiger partial charge < -0.3 is 0 Å². The summed E-state index contributed by atoms with van der Waals surface area (Å²) in [4.78, 5) is 0. The van der Waals surface area contributed by atoms with Crippen LogP contribution in [0.1, 0.15) is 32.0 Å². The maximum atomic E-state index is 11.2. The number of rotatable bonds is 7. The first-order valence-corrected chi connectivity index (χ1v) is 8.09. The molecule has 1 aromatic heterocycles. The number of hydrazine groups is 1. The molecule has 0 bridgehead atoms. The highest BCUT2D eigenvalue weighted by Crippen LogP contribution is 2.10. The van der Waals surface area contributed by atoms with E-state index in [0.717, 1.165) is 12.1 Å². The van der Waals surface area contributed by atoms with Crippen molar-refractivity contribution in [3.63, 3.8) is 0 Å². The molecular formula is C11H22N4O2S. The van der Waals surface area contributed by atoms with Gasteiger partial charge in [0.25, 0.3) is 0 Å². The van der Waals surface area contributed by atoms with E-state index in [1.165, 1.54) is 6.26 Å². The molecule has 0 aliphatic rings. The Bertz CT molecular complexity index is 469.